The van der Waals surface area contributed by atoms with Gasteiger partial charge in [0.15, 0.2) is 11.0 Å². The highest BCUT2D eigenvalue weighted by atomic mass is 35.5. The van der Waals surface area contributed by atoms with Gasteiger partial charge in [0.2, 0.25) is 5.91 Å². The molecule has 0 aliphatic carbocycles. The fourth-order valence-corrected chi connectivity index (χ4v) is 3.14. The Bertz CT molecular complexity index is 880. The summed E-state index contributed by atoms with van der Waals surface area (Å²) in [5, 5.41) is 10.2. The smallest absolute Gasteiger partial charge is 0.227 e. The lowest BCUT2D eigenvalue weighted by molar-refractivity contribution is -0.115. The van der Waals surface area contributed by atoms with E-state index < -0.39 is 5.91 Å². The zero-order valence-electron chi connectivity index (χ0n) is 12.3. The summed E-state index contributed by atoms with van der Waals surface area (Å²) in [7, 11) is 0. The molecule has 0 bridgehead atoms. The van der Waals surface area contributed by atoms with Crippen LogP contribution in [0.1, 0.15) is 0 Å². The summed E-state index contributed by atoms with van der Waals surface area (Å²) >= 11 is 13.3. The minimum atomic E-state index is -0.421. The van der Waals surface area contributed by atoms with Crippen molar-refractivity contribution in [2.75, 3.05) is 5.75 Å². The molecule has 3 aromatic rings. The van der Waals surface area contributed by atoms with Gasteiger partial charge in [-0.05, 0) is 36.4 Å². The van der Waals surface area contributed by atoms with Crippen LogP contribution in [0.4, 0.5) is 0 Å². The quantitative estimate of drug-likeness (QED) is 0.684. The fourth-order valence-electron chi connectivity index (χ4n) is 2.14. The molecule has 0 unspecified atom stereocenters. The predicted octanol–water partition coefficient (Wildman–Crippen LogP) is 3.82. The molecule has 8 heteroatoms. The summed E-state index contributed by atoms with van der Waals surface area (Å²) in [5.41, 5.74) is 6.88. The second kappa shape index (κ2) is 7.25. The molecule has 1 amide bonds. The van der Waals surface area contributed by atoms with Gasteiger partial charge >= 0.3 is 0 Å². The van der Waals surface area contributed by atoms with Crippen molar-refractivity contribution in [3.63, 3.8) is 0 Å². The van der Waals surface area contributed by atoms with Gasteiger partial charge in [-0.15, -0.1) is 10.2 Å². The molecule has 1 heterocycles. The highest BCUT2D eigenvalue weighted by Gasteiger charge is 2.17. The number of carbonyl (C=O) groups is 1. The van der Waals surface area contributed by atoms with Crippen molar-refractivity contribution in [3.8, 4) is 17.1 Å². The maximum atomic E-state index is 11.1. The van der Waals surface area contributed by atoms with Crippen LogP contribution in [0, 0.1) is 0 Å². The van der Waals surface area contributed by atoms with Gasteiger partial charge in [0, 0.05) is 21.3 Å². The van der Waals surface area contributed by atoms with Crippen LogP contribution in [0.2, 0.25) is 10.0 Å². The molecular formula is C16H12Cl2N4OS. The third-order valence-electron chi connectivity index (χ3n) is 3.14. The van der Waals surface area contributed by atoms with Crippen LogP contribution in [0.15, 0.2) is 53.7 Å². The van der Waals surface area contributed by atoms with E-state index in [0.29, 0.717) is 21.0 Å². The van der Waals surface area contributed by atoms with E-state index in [4.69, 9.17) is 28.9 Å². The Labute approximate surface area is 152 Å². The summed E-state index contributed by atoms with van der Waals surface area (Å²) < 4.78 is 1.84. The summed E-state index contributed by atoms with van der Waals surface area (Å²) in [6.07, 6.45) is 0. The number of thioether (sulfide) groups is 1. The van der Waals surface area contributed by atoms with Crippen LogP contribution in [-0.4, -0.2) is 26.4 Å². The molecule has 1 aromatic heterocycles. The molecule has 24 heavy (non-hydrogen) atoms. The number of aromatic nitrogens is 3. The van der Waals surface area contributed by atoms with E-state index in [0.717, 1.165) is 11.3 Å². The number of benzene rings is 2. The van der Waals surface area contributed by atoms with Crippen molar-refractivity contribution in [1.29, 1.82) is 0 Å². The zero-order chi connectivity index (χ0) is 17.1. The summed E-state index contributed by atoms with van der Waals surface area (Å²) in [5.74, 6) is 0.308. The lowest BCUT2D eigenvalue weighted by Crippen LogP contribution is -2.13. The maximum Gasteiger partial charge on any atom is 0.227 e. The Morgan fingerprint density at radius 1 is 1.08 bits per heavy atom. The van der Waals surface area contributed by atoms with Gasteiger partial charge in [-0.25, -0.2) is 0 Å². The van der Waals surface area contributed by atoms with Gasteiger partial charge in [-0.3, -0.25) is 9.36 Å². The molecule has 0 saturated heterocycles. The molecule has 0 radical (unpaired) electrons. The normalized spacial score (nSPS) is 10.8. The lowest BCUT2D eigenvalue weighted by Gasteiger charge is -2.10. The van der Waals surface area contributed by atoms with E-state index in [1.807, 2.05) is 28.8 Å². The number of halogens is 2. The van der Waals surface area contributed by atoms with E-state index in [1.54, 1.807) is 24.3 Å². The standard InChI is InChI=1S/C16H12Cl2N4OS/c17-11-4-6-13(7-5-11)22-15(10-2-1-3-12(18)8-10)20-21-16(22)24-9-14(19)23/h1-8H,9H2,(H2,19,23). The number of carbonyl (C=O) groups excluding carboxylic acids is 1. The number of nitrogens with two attached hydrogens (primary N) is 1. The summed E-state index contributed by atoms with van der Waals surface area (Å²) in [6.45, 7) is 0. The molecule has 3 rings (SSSR count). The van der Waals surface area contributed by atoms with Crippen LogP contribution in [0.25, 0.3) is 17.1 Å². The van der Waals surface area contributed by atoms with Crippen molar-refractivity contribution in [2.24, 2.45) is 5.73 Å². The van der Waals surface area contributed by atoms with E-state index >= 15 is 0 Å². The SMILES string of the molecule is NC(=O)CSc1nnc(-c2cccc(Cl)c2)n1-c1ccc(Cl)cc1. The minimum absolute atomic E-state index is 0.112. The Kier molecular flexibility index (Phi) is 5.08. The average molecular weight is 379 g/mol. The molecule has 0 spiro atoms. The molecule has 0 aliphatic heterocycles. The van der Waals surface area contributed by atoms with Crippen molar-refractivity contribution in [1.82, 2.24) is 14.8 Å². The highest BCUT2D eigenvalue weighted by molar-refractivity contribution is 7.99. The molecule has 0 atom stereocenters. The van der Waals surface area contributed by atoms with E-state index in [9.17, 15) is 4.79 Å². The molecule has 0 saturated carbocycles. The average Bonchev–Trinajstić information content (AvgIpc) is 2.97. The largest absolute Gasteiger partial charge is 0.369 e. The first-order chi connectivity index (χ1) is 11.5. The molecule has 122 valence electrons. The number of hydrogen-bond donors (Lipinski definition) is 1. The minimum Gasteiger partial charge on any atom is -0.369 e. The highest BCUT2D eigenvalue weighted by Crippen LogP contribution is 2.29. The van der Waals surface area contributed by atoms with Crippen LogP contribution in [0.3, 0.4) is 0 Å². The van der Waals surface area contributed by atoms with E-state index in [-0.39, 0.29) is 5.75 Å². The third kappa shape index (κ3) is 3.72. The fraction of sp³-hybridized carbons (Fsp3) is 0.0625. The Hall–Kier alpha value is -2.02. The summed E-state index contributed by atoms with van der Waals surface area (Å²) in [6, 6.07) is 14.6. The second-order valence-electron chi connectivity index (χ2n) is 4.88. The number of hydrogen-bond acceptors (Lipinski definition) is 4. The van der Waals surface area contributed by atoms with Gasteiger partial charge in [-0.1, -0.05) is 47.1 Å². The zero-order valence-corrected chi connectivity index (χ0v) is 14.6. The molecule has 2 N–H and O–H groups in total. The summed E-state index contributed by atoms with van der Waals surface area (Å²) in [4.78, 5) is 11.1. The number of rotatable bonds is 5. The predicted molar refractivity (Wildman–Crippen MR) is 96.7 cm³/mol. The van der Waals surface area contributed by atoms with E-state index in [2.05, 4.69) is 10.2 Å². The van der Waals surface area contributed by atoms with Gasteiger partial charge in [0.1, 0.15) is 0 Å². The third-order valence-corrected chi connectivity index (χ3v) is 4.58. The first-order valence-electron chi connectivity index (χ1n) is 6.93. The number of amides is 1. The van der Waals surface area contributed by atoms with Crippen LogP contribution >= 0.6 is 35.0 Å². The van der Waals surface area contributed by atoms with E-state index in [1.165, 1.54) is 11.8 Å². The van der Waals surface area contributed by atoms with Gasteiger partial charge in [0.25, 0.3) is 0 Å². The maximum absolute atomic E-state index is 11.1. The molecule has 5 nitrogen and oxygen atoms in total. The first-order valence-corrected chi connectivity index (χ1v) is 8.67. The van der Waals surface area contributed by atoms with Crippen LogP contribution in [-0.2, 0) is 4.79 Å². The van der Waals surface area contributed by atoms with Gasteiger partial charge in [-0.2, -0.15) is 0 Å². The Balaban J connectivity index is 2.12. The monoisotopic (exact) mass is 378 g/mol. The van der Waals surface area contributed by atoms with Crippen molar-refractivity contribution in [3.05, 3.63) is 58.6 Å². The van der Waals surface area contributed by atoms with Gasteiger partial charge in [0.05, 0.1) is 5.75 Å². The molecule has 0 aliphatic rings. The van der Waals surface area contributed by atoms with Crippen molar-refractivity contribution >= 4 is 40.9 Å². The van der Waals surface area contributed by atoms with Gasteiger partial charge < -0.3 is 5.73 Å². The Morgan fingerprint density at radius 3 is 2.50 bits per heavy atom. The Morgan fingerprint density at radius 2 is 1.83 bits per heavy atom. The second-order valence-corrected chi connectivity index (χ2v) is 6.70. The molecular weight excluding hydrogens is 367 g/mol. The molecule has 0 fully saturated rings. The van der Waals surface area contributed by atoms with Crippen molar-refractivity contribution in [2.45, 2.75) is 5.16 Å². The molecule has 2 aromatic carbocycles. The number of nitrogens with zero attached hydrogens (tertiary/aromatic N) is 3. The van der Waals surface area contributed by atoms with Crippen LogP contribution < -0.4 is 5.73 Å². The lowest BCUT2D eigenvalue weighted by atomic mass is 10.2. The topological polar surface area (TPSA) is 73.8 Å². The first kappa shape index (κ1) is 16.8. The van der Waals surface area contributed by atoms with Crippen LogP contribution in [0.5, 0.6) is 0 Å². The number of primary amides is 1. The van der Waals surface area contributed by atoms with Crippen molar-refractivity contribution < 1.29 is 4.79 Å².